The molecule has 2 atom stereocenters. The van der Waals surface area contributed by atoms with Crippen LogP contribution in [0.15, 0.2) is 23.2 Å². The van der Waals surface area contributed by atoms with Gasteiger partial charge in [0.25, 0.3) is 0 Å². The highest BCUT2D eigenvalue weighted by Crippen LogP contribution is 2.34. The number of hydrogen-bond acceptors (Lipinski definition) is 7. The molecule has 0 aromatic carbocycles. The highest BCUT2D eigenvalue weighted by molar-refractivity contribution is 5.42. The second kappa shape index (κ2) is 5.81. The van der Waals surface area contributed by atoms with Gasteiger partial charge < -0.3 is 4.90 Å². The van der Waals surface area contributed by atoms with Gasteiger partial charge >= 0.3 is 0 Å². The van der Waals surface area contributed by atoms with E-state index in [4.69, 9.17) is 0 Å². The maximum Gasteiger partial charge on any atom is 0.132 e. The van der Waals surface area contributed by atoms with Crippen LogP contribution < -0.4 is 4.90 Å². The van der Waals surface area contributed by atoms with Crippen LogP contribution in [-0.2, 0) is 12.0 Å². The minimum atomic E-state index is 0.0513. The average molecular weight is 328 g/mol. The van der Waals surface area contributed by atoms with E-state index < -0.39 is 0 Å². The molecule has 2 aromatic rings. The average Bonchev–Trinajstić information content (AvgIpc) is 3.23. The predicted octanol–water partition coefficient (Wildman–Crippen LogP) is 1.73. The van der Waals surface area contributed by atoms with E-state index >= 15 is 0 Å². The van der Waals surface area contributed by atoms with Crippen LogP contribution >= 0.6 is 0 Å². The summed E-state index contributed by atoms with van der Waals surface area (Å²) in [6, 6.07) is 2.15. The second-order valence-corrected chi connectivity index (χ2v) is 8.03. The number of likely N-dealkylation sites (tertiary alicyclic amines) is 1. The highest BCUT2D eigenvalue weighted by Gasteiger charge is 2.40. The molecule has 0 saturated carbocycles. The minimum Gasteiger partial charge on any atom is -0.356 e. The van der Waals surface area contributed by atoms with Gasteiger partial charge in [0.15, 0.2) is 0 Å². The van der Waals surface area contributed by atoms with Crippen molar-refractivity contribution in [1.82, 2.24) is 25.2 Å². The summed E-state index contributed by atoms with van der Waals surface area (Å²) in [6.07, 6.45) is 3.41. The van der Waals surface area contributed by atoms with Crippen LogP contribution in [0.4, 0.5) is 5.82 Å². The summed E-state index contributed by atoms with van der Waals surface area (Å²) in [5, 5.41) is 7.59. The number of rotatable bonds is 3. The summed E-state index contributed by atoms with van der Waals surface area (Å²) < 4.78 is 4.68. The lowest BCUT2D eigenvalue weighted by Gasteiger charge is -2.24. The van der Waals surface area contributed by atoms with Crippen molar-refractivity contribution in [2.45, 2.75) is 32.7 Å². The molecule has 7 nitrogen and oxygen atoms in total. The van der Waals surface area contributed by atoms with Crippen molar-refractivity contribution < 1.29 is 4.63 Å². The van der Waals surface area contributed by atoms with Crippen molar-refractivity contribution in [3.05, 3.63) is 30.0 Å². The molecule has 2 fully saturated rings. The van der Waals surface area contributed by atoms with Crippen molar-refractivity contribution >= 4 is 5.82 Å². The van der Waals surface area contributed by atoms with Crippen molar-refractivity contribution in [1.29, 1.82) is 0 Å². The van der Waals surface area contributed by atoms with Crippen LogP contribution in [0.3, 0.4) is 0 Å². The normalized spacial score (nSPS) is 24.5. The molecule has 0 radical (unpaired) electrons. The zero-order valence-corrected chi connectivity index (χ0v) is 14.5. The Labute approximate surface area is 142 Å². The first-order valence-electron chi connectivity index (χ1n) is 8.55. The molecule has 0 amide bonds. The summed E-state index contributed by atoms with van der Waals surface area (Å²) in [5.74, 6) is 2.45. The fourth-order valence-electron chi connectivity index (χ4n) is 3.82. The number of aromatic nitrogens is 4. The van der Waals surface area contributed by atoms with Crippen LogP contribution in [0.2, 0.25) is 0 Å². The van der Waals surface area contributed by atoms with Gasteiger partial charge in [0.2, 0.25) is 0 Å². The Morgan fingerprint density at radius 1 is 1.12 bits per heavy atom. The molecule has 0 spiro atoms. The molecular formula is C17H24N6O. The van der Waals surface area contributed by atoms with Crippen LogP contribution in [0.5, 0.6) is 0 Å². The fraction of sp³-hybridized carbons (Fsp3) is 0.647. The van der Waals surface area contributed by atoms with Crippen LogP contribution in [0, 0.1) is 11.8 Å². The van der Waals surface area contributed by atoms with Gasteiger partial charge in [-0.1, -0.05) is 31.1 Å². The zero-order valence-electron chi connectivity index (χ0n) is 14.5. The molecule has 2 saturated heterocycles. The van der Waals surface area contributed by atoms with Gasteiger partial charge in [-0.05, 0) is 11.8 Å². The van der Waals surface area contributed by atoms with Gasteiger partial charge in [-0.3, -0.25) is 4.90 Å². The number of hydrogen-bond donors (Lipinski definition) is 0. The predicted molar refractivity (Wildman–Crippen MR) is 89.5 cm³/mol. The first kappa shape index (κ1) is 15.5. The molecule has 4 heterocycles. The maximum atomic E-state index is 4.68. The van der Waals surface area contributed by atoms with Gasteiger partial charge in [-0.25, -0.2) is 14.6 Å². The van der Waals surface area contributed by atoms with Gasteiger partial charge in [-0.15, -0.1) is 0 Å². The van der Waals surface area contributed by atoms with E-state index in [1.165, 1.54) is 0 Å². The molecule has 0 N–H and O–H groups in total. The fourth-order valence-corrected chi connectivity index (χ4v) is 3.82. The summed E-state index contributed by atoms with van der Waals surface area (Å²) in [4.78, 5) is 13.8. The Balaban J connectivity index is 1.41. The van der Waals surface area contributed by atoms with E-state index in [1.807, 2.05) is 0 Å². The molecule has 2 unspecified atom stereocenters. The molecule has 128 valence electrons. The van der Waals surface area contributed by atoms with Crippen LogP contribution in [-0.4, -0.2) is 51.4 Å². The zero-order chi connectivity index (χ0) is 16.7. The van der Waals surface area contributed by atoms with Gasteiger partial charge in [-0.2, -0.15) is 0 Å². The molecule has 24 heavy (non-hydrogen) atoms. The number of fused-ring (bicyclic) bond motifs is 1. The second-order valence-electron chi connectivity index (χ2n) is 8.03. The first-order chi connectivity index (χ1) is 11.5. The van der Waals surface area contributed by atoms with Gasteiger partial charge in [0.1, 0.15) is 17.8 Å². The van der Waals surface area contributed by atoms with E-state index in [2.05, 4.69) is 61.5 Å². The summed E-state index contributed by atoms with van der Waals surface area (Å²) in [7, 11) is 0. The Morgan fingerprint density at radius 3 is 2.50 bits per heavy atom. The number of anilines is 1. The van der Waals surface area contributed by atoms with Crippen molar-refractivity contribution in [3.8, 4) is 0 Å². The quantitative estimate of drug-likeness (QED) is 0.849. The van der Waals surface area contributed by atoms with E-state index in [0.717, 1.165) is 49.9 Å². The smallest absolute Gasteiger partial charge is 0.132 e. The summed E-state index contributed by atoms with van der Waals surface area (Å²) in [6.45, 7) is 11.7. The molecule has 0 aliphatic carbocycles. The largest absolute Gasteiger partial charge is 0.356 e. The van der Waals surface area contributed by atoms with Gasteiger partial charge in [0.05, 0.1) is 11.9 Å². The molecule has 2 aromatic heterocycles. The monoisotopic (exact) mass is 328 g/mol. The Hall–Kier alpha value is -2.02. The lowest BCUT2D eigenvalue weighted by molar-refractivity contribution is 0.276. The molecule has 7 heteroatoms. The van der Waals surface area contributed by atoms with E-state index in [-0.39, 0.29) is 5.41 Å². The molecule has 2 aliphatic rings. The lowest BCUT2D eigenvalue weighted by atomic mass is 9.92. The molecule has 0 bridgehead atoms. The topological polar surface area (TPSA) is 71.2 Å². The molecule has 2 aliphatic heterocycles. The Kier molecular flexibility index (Phi) is 3.75. The van der Waals surface area contributed by atoms with Crippen LogP contribution in [0.25, 0.3) is 0 Å². The first-order valence-corrected chi connectivity index (χ1v) is 8.55. The molecular weight excluding hydrogens is 304 g/mol. The van der Waals surface area contributed by atoms with Gasteiger partial charge in [0, 0.05) is 44.2 Å². The minimum absolute atomic E-state index is 0.0513. The third kappa shape index (κ3) is 3.00. The van der Waals surface area contributed by atoms with Crippen molar-refractivity contribution in [3.63, 3.8) is 0 Å². The lowest BCUT2D eigenvalue weighted by Crippen LogP contribution is -2.29. The van der Waals surface area contributed by atoms with Crippen LogP contribution in [0.1, 0.15) is 32.2 Å². The standard InChI is InChI=1S/C17H24N6O/c1-17(2,3)15-4-16(19-11-18-15)23-8-12-6-22(7-13(12)9-23)10-14-5-20-24-21-14/h4-5,11-13H,6-10H2,1-3H3. The third-order valence-electron chi connectivity index (χ3n) is 5.10. The SMILES string of the molecule is CC(C)(C)c1cc(N2CC3CN(Cc4cnon4)CC3C2)ncn1. The van der Waals surface area contributed by atoms with E-state index in [0.29, 0.717) is 11.8 Å². The third-order valence-corrected chi connectivity index (χ3v) is 5.10. The Bertz CT molecular complexity index is 681. The summed E-state index contributed by atoms with van der Waals surface area (Å²) in [5.41, 5.74) is 2.07. The Morgan fingerprint density at radius 2 is 1.88 bits per heavy atom. The highest BCUT2D eigenvalue weighted by atomic mass is 16.6. The molecule has 4 rings (SSSR count). The summed E-state index contributed by atoms with van der Waals surface area (Å²) >= 11 is 0. The van der Waals surface area contributed by atoms with Crippen molar-refractivity contribution in [2.75, 3.05) is 31.1 Å². The maximum absolute atomic E-state index is 4.68. The van der Waals surface area contributed by atoms with E-state index in [9.17, 15) is 0 Å². The van der Waals surface area contributed by atoms with E-state index in [1.54, 1.807) is 12.5 Å². The number of nitrogens with zero attached hydrogens (tertiary/aromatic N) is 6. The van der Waals surface area contributed by atoms with Crippen molar-refractivity contribution in [2.24, 2.45) is 11.8 Å².